The maximum Gasteiger partial charge on any atom is 0.122 e. The molecule has 1 N–H and O–H groups in total. The highest BCUT2D eigenvalue weighted by atomic mass is 32.2. The zero-order valence-corrected chi connectivity index (χ0v) is 12.5. The van der Waals surface area contributed by atoms with E-state index in [4.69, 9.17) is 4.74 Å². The molecule has 1 aliphatic carbocycles. The van der Waals surface area contributed by atoms with Crippen LogP contribution in [0.25, 0.3) is 0 Å². The Labute approximate surface area is 120 Å². The molecule has 1 aliphatic rings. The van der Waals surface area contributed by atoms with Crippen molar-refractivity contribution in [3.8, 4) is 5.75 Å². The first kappa shape index (κ1) is 14.7. The second-order valence-corrected chi connectivity index (χ2v) is 6.60. The molecular weight excluding hydrogens is 256 g/mol. The van der Waals surface area contributed by atoms with Crippen molar-refractivity contribution in [1.82, 2.24) is 0 Å². The van der Waals surface area contributed by atoms with Gasteiger partial charge >= 0.3 is 0 Å². The van der Waals surface area contributed by atoms with Crippen LogP contribution in [0.2, 0.25) is 0 Å². The van der Waals surface area contributed by atoms with Crippen LogP contribution in [0.4, 0.5) is 0 Å². The molecule has 0 bridgehead atoms. The summed E-state index contributed by atoms with van der Waals surface area (Å²) in [7, 11) is 1.68. The molecule has 1 saturated carbocycles. The van der Waals surface area contributed by atoms with Gasteiger partial charge in [0.1, 0.15) is 5.75 Å². The second kappa shape index (κ2) is 7.81. The lowest BCUT2D eigenvalue weighted by molar-refractivity contribution is 0.198. The van der Waals surface area contributed by atoms with Crippen LogP contribution in [0, 0.1) is 0 Å². The molecule has 0 spiro atoms. The van der Waals surface area contributed by atoms with Gasteiger partial charge < -0.3 is 9.84 Å². The summed E-state index contributed by atoms with van der Waals surface area (Å²) in [5, 5.41) is 10.9. The quantitative estimate of drug-likeness (QED) is 0.862. The number of hydrogen-bond donors (Lipinski definition) is 1. The Morgan fingerprint density at radius 3 is 2.74 bits per heavy atom. The normalized spacial score (nSPS) is 18.2. The lowest BCUT2D eigenvalue weighted by Gasteiger charge is -2.22. The SMILES string of the molecule is COc1ccccc1CC(O)CSC1CCCCC1. The summed E-state index contributed by atoms with van der Waals surface area (Å²) in [6.45, 7) is 0. The zero-order valence-electron chi connectivity index (χ0n) is 11.7. The van der Waals surface area contributed by atoms with E-state index in [0.717, 1.165) is 22.3 Å². The Balaban J connectivity index is 1.78. The molecule has 19 heavy (non-hydrogen) atoms. The summed E-state index contributed by atoms with van der Waals surface area (Å²) in [5.41, 5.74) is 1.10. The van der Waals surface area contributed by atoms with Gasteiger partial charge in [-0.15, -0.1) is 0 Å². The van der Waals surface area contributed by atoms with Crippen LogP contribution in [-0.2, 0) is 6.42 Å². The number of rotatable bonds is 6. The van der Waals surface area contributed by atoms with Crippen molar-refractivity contribution in [2.24, 2.45) is 0 Å². The van der Waals surface area contributed by atoms with Crippen molar-refractivity contribution in [2.75, 3.05) is 12.9 Å². The number of thioether (sulfide) groups is 1. The number of hydrogen-bond acceptors (Lipinski definition) is 3. The first-order valence-electron chi connectivity index (χ1n) is 7.21. The van der Waals surface area contributed by atoms with Gasteiger partial charge in [-0.2, -0.15) is 11.8 Å². The van der Waals surface area contributed by atoms with Crippen molar-refractivity contribution >= 4 is 11.8 Å². The average molecular weight is 280 g/mol. The summed E-state index contributed by atoms with van der Waals surface area (Å²) in [6, 6.07) is 7.95. The van der Waals surface area contributed by atoms with Gasteiger partial charge in [-0.25, -0.2) is 0 Å². The van der Waals surface area contributed by atoms with E-state index < -0.39 is 0 Å². The van der Waals surface area contributed by atoms with E-state index in [9.17, 15) is 5.11 Å². The highest BCUT2D eigenvalue weighted by Crippen LogP contribution is 2.29. The second-order valence-electron chi connectivity index (χ2n) is 5.26. The van der Waals surface area contributed by atoms with Gasteiger partial charge in [0, 0.05) is 17.4 Å². The predicted molar refractivity (Wildman–Crippen MR) is 82.0 cm³/mol. The summed E-state index contributed by atoms with van der Waals surface area (Å²) in [4.78, 5) is 0. The molecule has 1 aromatic rings. The zero-order chi connectivity index (χ0) is 13.5. The fourth-order valence-electron chi connectivity index (χ4n) is 2.66. The Bertz CT molecular complexity index is 375. The Morgan fingerprint density at radius 2 is 2.00 bits per heavy atom. The minimum atomic E-state index is -0.275. The monoisotopic (exact) mass is 280 g/mol. The summed E-state index contributed by atoms with van der Waals surface area (Å²) in [5.74, 6) is 1.71. The van der Waals surface area contributed by atoms with Crippen LogP contribution in [0.3, 0.4) is 0 Å². The number of benzene rings is 1. The van der Waals surface area contributed by atoms with Gasteiger partial charge in [0.2, 0.25) is 0 Å². The van der Waals surface area contributed by atoms with Crippen LogP contribution >= 0.6 is 11.8 Å². The molecule has 2 rings (SSSR count). The van der Waals surface area contributed by atoms with Crippen molar-refractivity contribution in [1.29, 1.82) is 0 Å². The molecule has 1 unspecified atom stereocenters. The standard InChI is InChI=1S/C16H24O2S/c1-18-16-10-6-5-7-13(16)11-14(17)12-19-15-8-3-2-4-9-15/h5-7,10,14-15,17H,2-4,8-9,11-12H2,1H3. The molecule has 0 heterocycles. The lowest BCUT2D eigenvalue weighted by Crippen LogP contribution is -2.18. The third-order valence-corrected chi connectivity index (χ3v) is 5.24. The van der Waals surface area contributed by atoms with E-state index >= 15 is 0 Å². The molecule has 2 nitrogen and oxygen atoms in total. The topological polar surface area (TPSA) is 29.5 Å². The van der Waals surface area contributed by atoms with Gasteiger partial charge in [-0.05, 0) is 24.5 Å². The van der Waals surface area contributed by atoms with Gasteiger partial charge in [0.25, 0.3) is 0 Å². The summed E-state index contributed by atoms with van der Waals surface area (Å²) >= 11 is 1.95. The summed E-state index contributed by atoms with van der Waals surface area (Å²) < 4.78 is 5.32. The fraction of sp³-hybridized carbons (Fsp3) is 0.625. The van der Waals surface area contributed by atoms with Crippen molar-refractivity contribution < 1.29 is 9.84 Å². The van der Waals surface area contributed by atoms with Crippen LogP contribution in [-0.4, -0.2) is 29.3 Å². The molecule has 0 aromatic heterocycles. The predicted octanol–water partition coefficient (Wildman–Crippen LogP) is 3.66. The highest BCUT2D eigenvalue weighted by molar-refractivity contribution is 7.99. The number of ether oxygens (including phenoxy) is 1. The van der Waals surface area contributed by atoms with Gasteiger partial charge in [-0.3, -0.25) is 0 Å². The molecule has 0 saturated heterocycles. The van der Waals surface area contributed by atoms with Crippen LogP contribution in [0.5, 0.6) is 5.75 Å². The lowest BCUT2D eigenvalue weighted by atomic mass is 10.0. The minimum absolute atomic E-state index is 0.275. The van der Waals surface area contributed by atoms with Crippen molar-refractivity contribution in [3.05, 3.63) is 29.8 Å². The van der Waals surface area contributed by atoms with Crippen LogP contribution < -0.4 is 4.74 Å². The number of aliphatic hydroxyl groups excluding tert-OH is 1. The fourth-order valence-corrected chi connectivity index (χ4v) is 3.94. The third kappa shape index (κ3) is 4.73. The van der Waals surface area contributed by atoms with Crippen LogP contribution in [0.1, 0.15) is 37.7 Å². The number of methoxy groups -OCH3 is 1. The highest BCUT2D eigenvalue weighted by Gasteiger charge is 2.16. The molecule has 1 fully saturated rings. The minimum Gasteiger partial charge on any atom is -0.496 e. The van der Waals surface area contributed by atoms with Gasteiger partial charge in [0.05, 0.1) is 13.2 Å². The van der Waals surface area contributed by atoms with Gasteiger partial charge in [-0.1, -0.05) is 37.5 Å². The number of aliphatic hydroxyl groups is 1. The van der Waals surface area contributed by atoms with Crippen LogP contribution in [0.15, 0.2) is 24.3 Å². The van der Waals surface area contributed by atoms with E-state index in [1.165, 1.54) is 32.1 Å². The average Bonchev–Trinajstić information content (AvgIpc) is 2.47. The summed E-state index contributed by atoms with van der Waals surface area (Å²) in [6.07, 6.45) is 7.17. The molecular formula is C16H24O2S. The van der Waals surface area contributed by atoms with E-state index in [0.29, 0.717) is 6.42 Å². The van der Waals surface area contributed by atoms with Crippen molar-refractivity contribution in [3.63, 3.8) is 0 Å². The molecule has 0 radical (unpaired) electrons. The third-order valence-electron chi connectivity index (χ3n) is 3.72. The molecule has 0 aliphatic heterocycles. The van der Waals surface area contributed by atoms with E-state index in [2.05, 4.69) is 0 Å². The van der Waals surface area contributed by atoms with Crippen molar-refractivity contribution in [2.45, 2.75) is 49.9 Å². The smallest absolute Gasteiger partial charge is 0.122 e. The molecule has 1 aromatic carbocycles. The molecule has 1 atom stereocenters. The molecule has 3 heteroatoms. The maximum absolute atomic E-state index is 10.2. The first-order chi connectivity index (χ1) is 9.29. The van der Waals surface area contributed by atoms with E-state index in [1.54, 1.807) is 7.11 Å². The Hall–Kier alpha value is -0.670. The maximum atomic E-state index is 10.2. The Morgan fingerprint density at radius 1 is 1.26 bits per heavy atom. The first-order valence-corrected chi connectivity index (χ1v) is 8.26. The Kier molecular flexibility index (Phi) is 6.05. The largest absolute Gasteiger partial charge is 0.496 e. The molecule has 106 valence electrons. The molecule has 0 amide bonds. The number of para-hydroxylation sites is 1. The van der Waals surface area contributed by atoms with E-state index in [-0.39, 0.29) is 6.10 Å². The van der Waals surface area contributed by atoms with Gasteiger partial charge in [0.15, 0.2) is 0 Å². The van der Waals surface area contributed by atoms with E-state index in [1.807, 2.05) is 36.0 Å².